The lowest BCUT2D eigenvalue weighted by Gasteiger charge is -2.57. The lowest BCUT2D eigenvalue weighted by atomic mass is 9.76. The summed E-state index contributed by atoms with van der Waals surface area (Å²) in [5.74, 6) is 2.88. The number of hydrogen-bond acceptors (Lipinski definition) is 5. The number of nitrogens with zero attached hydrogens (tertiary/aromatic N) is 1. The fraction of sp³-hybridized carbons (Fsp3) is 0.400. The molecule has 0 saturated carbocycles. The highest BCUT2D eigenvalue weighted by molar-refractivity contribution is 5.54. The summed E-state index contributed by atoms with van der Waals surface area (Å²) in [4.78, 5) is 0. The smallest absolute Gasteiger partial charge is 0.231 e. The molecule has 0 saturated heterocycles. The Bertz CT molecular complexity index is 908. The summed E-state index contributed by atoms with van der Waals surface area (Å²) in [7, 11) is 5.04. The average molecular weight is 355 g/mol. The first-order chi connectivity index (χ1) is 12.5. The summed E-state index contributed by atoms with van der Waals surface area (Å²) in [6.07, 6.45) is 1.34. The van der Waals surface area contributed by atoms with Crippen LogP contribution in [0.5, 0.6) is 23.0 Å². The lowest BCUT2D eigenvalue weighted by Crippen LogP contribution is -2.52. The van der Waals surface area contributed by atoms with Gasteiger partial charge in [0.1, 0.15) is 12.1 Å². The van der Waals surface area contributed by atoms with E-state index in [1.54, 1.807) is 21.3 Å². The molecule has 0 aliphatic carbocycles. The molecule has 6 nitrogen and oxygen atoms in total. The summed E-state index contributed by atoms with van der Waals surface area (Å²) in [5.41, 5.74) is 4.46. The largest absolute Gasteiger partial charge is 0.632 e. The molecule has 0 fully saturated rings. The predicted octanol–water partition coefficient (Wildman–Crippen LogP) is 3.27. The molecule has 3 aliphatic heterocycles. The van der Waals surface area contributed by atoms with Crippen LogP contribution in [-0.2, 0) is 12.8 Å². The molecule has 2 aromatic rings. The molecule has 26 heavy (non-hydrogen) atoms. The van der Waals surface area contributed by atoms with E-state index < -0.39 is 0 Å². The van der Waals surface area contributed by atoms with Crippen LogP contribution in [0.1, 0.15) is 34.3 Å². The standard InChI is InChI=1S/C20H21NO5/c1-21(22)15-5-12-7-19-20(26-10-25-19)9-14(12)16(21)4-11-6-17(23-2)18(24-3)8-13(11)15/h6-9,15-16H,4-5,10H2,1-3H3. The highest BCUT2D eigenvalue weighted by atomic mass is 16.7. The van der Waals surface area contributed by atoms with E-state index in [2.05, 4.69) is 0 Å². The summed E-state index contributed by atoms with van der Waals surface area (Å²) in [5, 5.41) is 13.6. The molecule has 0 aromatic heterocycles. The van der Waals surface area contributed by atoms with Gasteiger partial charge in [0.25, 0.3) is 0 Å². The van der Waals surface area contributed by atoms with Gasteiger partial charge in [0.2, 0.25) is 6.79 Å². The molecular formula is C20H21NO5. The number of rotatable bonds is 2. The fourth-order valence-electron chi connectivity index (χ4n) is 4.68. The van der Waals surface area contributed by atoms with Gasteiger partial charge in [-0.25, -0.2) is 0 Å². The second-order valence-electron chi connectivity index (χ2n) is 7.31. The van der Waals surface area contributed by atoms with Crippen molar-refractivity contribution in [3.8, 4) is 23.0 Å². The van der Waals surface area contributed by atoms with Crippen molar-refractivity contribution in [1.29, 1.82) is 0 Å². The molecule has 0 spiro atoms. The van der Waals surface area contributed by atoms with Gasteiger partial charge in [-0.15, -0.1) is 0 Å². The summed E-state index contributed by atoms with van der Waals surface area (Å²) >= 11 is 0. The number of hydroxylamine groups is 3. The van der Waals surface area contributed by atoms with Crippen molar-refractivity contribution < 1.29 is 23.6 Å². The normalized spacial score (nSPS) is 27.5. The number of ether oxygens (including phenoxy) is 4. The molecule has 6 heteroatoms. The molecule has 3 atom stereocenters. The molecule has 3 unspecified atom stereocenters. The summed E-state index contributed by atoms with van der Waals surface area (Å²) in [6, 6.07) is 7.70. The molecular weight excluding hydrogens is 334 g/mol. The third-order valence-corrected chi connectivity index (χ3v) is 6.06. The Kier molecular flexibility index (Phi) is 3.21. The van der Waals surface area contributed by atoms with Gasteiger partial charge < -0.3 is 28.8 Å². The zero-order valence-electron chi connectivity index (χ0n) is 15.1. The minimum Gasteiger partial charge on any atom is -0.632 e. The molecule has 5 rings (SSSR count). The molecule has 2 aromatic carbocycles. The Morgan fingerprint density at radius 3 is 2.08 bits per heavy atom. The van der Waals surface area contributed by atoms with Gasteiger partial charge in [0.05, 0.1) is 21.3 Å². The Morgan fingerprint density at radius 2 is 1.42 bits per heavy atom. The van der Waals surface area contributed by atoms with Crippen molar-refractivity contribution in [1.82, 2.24) is 0 Å². The maximum atomic E-state index is 13.6. The second kappa shape index (κ2) is 5.28. The maximum Gasteiger partial charge on any atom is 0.231 e. The van der Waals surface area contributed by atoms with Crippen molar-refractivity contribution in [2.24, 2.45) is 0 Å². The molecule has 3 heterocycles. The van der Waals surface area contributed by atoms with E-state index >= 15 is 0 Å². The van der Waals surface area contributed by atoms with Gasteiger partial charge in [-0.05, 0) is 35.4 Å². The van der Waals surface area contributed by atoms with Gasteiger partial charge in [0.15, 0.2) is 23.0 Å². The number of methoxy groups -OCH3 is 2. The molecule has 0 N–H and O–H groups in total. The lowest BCUT2D eigenvalue weighted by molar-refractivity contribution is -0.927. The number of hydrogen-bond donors (Lipinski definition) is 0. The number of fused-ring (bicyclic) bond motifs is 7. The number of benzene rings is 2. The van der Waals surface area contributed by atoms with Crippen LogP contribution in [0.2, 0.25) is 0 Å². The van der Waals surface area contributed by atoms with Crippen molar-refractivity contribution in [2.45, 2.75) is 24.9 Å². The van der Waals surface area contributed by atoms with Crippen molar-refractivity contribution in [2.75, 3.05) is 28.1 Å². The zero-order chi connectivity index (χ0) is 18.1. The molecule has 2 bridgehead atoms. The monoisotopic (exact) mass is 355 g/mol. The first-order valence-corrected chi connectivity index (χ1v) is 8.77. The minimum absolute atomic E-state index is 0.163. The van der Waals surface area contributed by atoms with E-state index in [0.717, 1.165) is 28.2 Å². The van der Waals surface area contributed by atoms with Crippen molar-refractivity contribution in [3.63, 3.8) is 0 Å². The Morgan fingerprint density at radius 1 is 0.885 bits per heavy atom. The van der Waals surface area contributed by atoms with E-state index in [9.17, 15) is 5.21 Å². The summed E-state index contributed by atoms with van der Waals surface area (Å²) < 4.78 is 21.7. The Balaban J connectivity index is 1.68. The van der Waals surface area contributed by atoms with Crippen LogP contribution >= 0.6 is 0 Å². The van der Waals surface area contributed by atoms with E-state index in [0.29, 0.717) is 24.3 Å². The highest BCUT2D eigenvalue weighted by Gasteiger charge is 2.47. The van der Waals surface area contributed by atoms with Crippen LogP contribution < -0.4 is 18.9 Å². The van der Waals surface area contributed by atoms with E-state index in [-0.39, 0.29) is 23.5 Å². The van der Waals surface area contributed by atoms with Crippen LogP contribution in [0.4, 0.5) is 0 Å². The van der Waals surface area contributed by atoms with Gasteiger partial charge in [-0.1, -0.05) is 0 Å². The van der Waals surface area contributed by atoms with Gasteiger partial charge in [-0.3, -0.25) is 0 Å². The topological polar surface area (TPSA) is 60.0 Å². The van der Waals surface area contributed by atoms with E-state index in [1.165, 1.54) is 5.56 Å². The van der Waals surface area contributed by atoms with Crippen LogP contribution in [0.25, 0.3) is 0 Å². The molecule has 0 radical (unpaired) electrons. The first kappa shape index (κ1) is 15.8. The van der Waals surface area contributed by atoms with Crippen LogP contribution in [0.15, 0.2) is 24.3 Å². The maximum absolute atomic E-state index is 13.6. The van der Waals surface area contributed by atoms with Crippen molar-refractivity contribution in [3.05, 3.63) is 51.7 Å². The van der Waals surface area contributed by atoms with Gasteiger partial charge >= 0.3 is 0 Å². The Labute approximate surface area is 152 Å². The Hall–Kier alpha value is -2.44. The van der Waals surface area contributed by atoms with Crippen molar-refractivity contribution >= 4 is 0 Å². The van der Waals surface area contributed by atoms with E-state index in [1.807, 2.05) is 24.3 Å². The van der Waals surface area contributed by atoms with Crippen LogP contribution in [0, 0.1) is 5.21 Å². The highest BCUT2D eigenvalue weighted by Crippen LogP contribution is 2.54. The fourth-order valence-corrected chi connectivity index (χ4v) is 4.68. The third kappa shape index (κ3) is 2.00. The van der Waals surface area contributed by atoms with Gasteiger partial charge in [0, 0.05) is 24.0 Å². The molecule has 3 aliphatic rings. The molecule has 0 amide bonds. The minimum atomic E-state index is -0.310. The number of quaternary nitrogens is 1. The SMILES string of the molecule is COc1cc2c(cc1OC)C1Cc3cc4c(cc3C(C2)[N+]1(C)[O-])OCO4. The average Bonchev–Trinajstić information content (AvgIpc) is 3.07. The predicted molar refractivity (Wildman–Crippen MR) is 94.6 cm³/mol. The van der Waals surface area contributed by atoms with Gasteiger partial charge in [-0.2, -0.15) is 0 Å². The van der Waals surface area contributed by atoms with Crippen LogP contribution in [0.3, 0.4) is 0 Å². The second-order valence-corrected chi connectivity index (χ2v) is 7.31. The number of likely N-dealkylation sites (N-methyl/N-ethyl adjacent to an activating group) is 1. The first-order valence-electron chi connectivity index (χ1n) is 8.77. The summed E-state index contributed by atoms with van der Waals surface area (Å²) in [6.45, 7) is 0.241. The van der Waals surface area contributed by atoms with E-state index in [4.69, 9.17) is 18.9 Å². The third-order valence-electron chi connectivity index (χ3n) is 6.06. The quantitative estimate of drug-likeness (QED) is 0.611. The van der Waals surface area contributed by atoms with Crippen LogP contribution in [-0.4, -0.2) is 32.7 Å². The zero-order valence-corrected chi connectivity index (χ0v) is 15.1. The molecule has 136 valence electrons.